The highest BCUT2D eigenvalue weighted by molar-refractivity contribution is 7.12. The van der Waals surface area contributed by atoms with Crippen molar-refractivity contribution >= 4 is 35.0 Å². The van der Waals surface area contributed by atoms with Crippen molar-refractivity contribution in [2.45, 2.75) is 18.9 Å². The van der Waals surface area contributed by atoms with E-state index in [4.69, 9.17) is 9.15 Å². The van der Waals surface area contributed by atoms with E-state index < -0.39 is 24.5 Å². The number of thiophene rings is 1. The van der Waals surface area contributed by atoms with Crippen molar-refractivity contribution in [1.29, 1.82) is 5.26 Å². The Morgan fingerprint density at radius 2 is 1.74 bits per heavy atom. The second-order valence-corrected chi connectivity index (χ2v) is 9.59. The molecule has 3 heterocycles. The fraction of sp³-hybridized carbons (Fsp3) is 0.172. The Hall–Kier alpha value is -4.68. The molecule has 1 fully saturated rings. The van der Waals surface area contributed by atoms with Gasteiger partial charge in [-0.15, -0.1) is 11.3 Å². The van der Waals surface area contributed by atoms with Gasteiger partial charge in [0.1, 0.15) is 23.4 Å². The Morgan fingerprint density at radius 3 is 2.39 bits per heavy atom. The van der Waals surface area contributed by atoms with Crippen LogP contribution in [0.2, 0.25) is 0 Å². The highest BCUT2D eigenvalue weighted by Gasteiger charge is 2.36. The molecule has 9 heteroatoms. The predicted octanol–water partition coefficient (Wildman–Crippen LogP) is 5.33. The Kier molecular flexibility index (Phi) is 7.33. The summed E-state index contributed by atoms with van der Waals surface area (Å²) in [6.45, 7) is -0.131. The smallest absolute Gasteiger partial charge is 0.329 e. The van der Waals surface area contributed by atoms with Crippen molar-refractivity contribution in [3.63, 3.8) is 0 Å². The monoisotopic (exact) mass is 525 g/mol. The number of furan rings is 1. The summed E-state index contributed by atoms with van der Waals surface area (Å²) in [6.07, 6.45) is 1.14. The van der Waals surface area contributed by atoms with Crippen LogP contribution in [0.15, 0.2) is 82.6 Å². The number of ether oxygens (including phenoxy) is 1. The number of rotatable bonds is 7. The lowest BCUT2D eigenvalue weighted by Crippen LogP contribution is -2.41. The van der Waals surface area contributed by atoms with Gasteiger partial charge in [0, 0.05) is 17.7 Å². The molecule has 5 rings (SSSR count). The fourth-order valence-electron chi connectivity index (χ4n) is 4.49. The van der Waals surface area contributed by atoms with Crippen LogP contribution in [0.4, 0.5) is 5.88 Å². The highest BCUT2D eigenvalue weighted by Crippen LogP contribution is 2.41. The third-order valence-electron chi connectivity index (χ3n) is 6.23. The van der Waals surface area contributed by atoms with E-state index in [9.17, 15) is 19.6 Å². The molecule has 2 aromatic carbocycles. The summed E-state index contributed by atoms with van der Waals surface area (Å²) in [4.78, 5) is 40.3. The number of benzene rings is 2. The molecule has 0 saturated carbocycles. The molecule has 0 aliphatic carbocycles. The Bertz CT molecular complexity index is 1490. The highest BCUT2D eigenvalue weighted by atomic mass is 32.1. The molecule has 0 spiro atoms. The first-order valence-corrected chi connectivity index (χ1v) is 12.9. The number of carbonyl (C=O) groups is 3. The van der Waals surface area contributed by atoms with Crippen molar-refractivity contribution in [2.24, 2.45) is 0 Å². The first-order chi connectivity index (χ1) is 18.6. The Labute approximate surface area is 223 Å². The lowest BCUT2D eigenvalue weighted by Gasteiger charge is -2.22. The van der Waals surface area contributed by atoms with E-state index in [1.807, 2.05) is 60.7 Å². The maximum absolute atomic E-state index is 12.8. The molecule has 8 nitrogen and oxygen atoms in total. The third-order valence-corrected chi connectivity index (χ3v) is 7.09. The van der Waals surface area contributed by atoms with Gasteiger partial charge in [-0.25, -0.2) is 4.79 Å². The predicted molar refractivity (Wildman–Crippen MR) is 142 cm³/mol. The lowest BCUT2D eigenvalue weighted by atomic mass is 9.98. The first kappa shape index (κ1) is 25.0. The van der Waals surface area contributed by atoms with E-state index in [2.05, 4.69) is 11.4 Å². The van der Waals surface area contributed by atoms with E-state index in [0.29, 0.717) is 35.6 Å². The van der Waals surface area contributed by atoms with Crippen LogP contribution in [0.5, 0.6) is 0 Å². The number of nitrogens with one attached hydrogen (secondary N) is 1. The van der Waals surface area contributed by atoms with Gasteiger partial charge in [-0.05, 0) is 29.9 Å². The van der Waals surface area contributed by atoms with Gasteiger partial charge in [0.2, 0.25) is 5.88 Å². The summed E-state index contributed by atoms with van der Waals surface area (Å²) in [5.74, 6) is -1.11. The van der Waals surface area contributed by atoms with Gasteiger partial charge in [-0.2, -0.15) is 5.26 Å². The molecular formula is C29H23N3O5S. The molecule has 190 valence electrons. The summed E-state index contributed by atoms with van der Waals surface area (Å²) in [5, 5.41) is 14.4. The Morgan fingerprint density at radius 1 is 1.03 bits per heavy atom. The molecule has 2 aromatic heterocycles. The van der Waals surface area contributed by atoms with Crippen LogP contribution in [0.25, 0.3) is 22.5 Å². The third kappa shape index (κ3) is 5.08. The van der Waals surface area contributed by atoms with Crippen molar-refractivity contribution in [1.82, 2.24) is 4.90 Å². The van der Waals surface area contributed by atoms with Crippen molar-refractivity contribution in [2.75, 3.05) is 18.5 Å². The number of amides is 2. The van der Waals surface area contributed by atoms with Crippen molar-refractivity contribution in [3.8, 4) is 28.5 Å². The van der Waals surface area contributed by atoms with Crippen LogP contribution in [-0.2, 0) is 14.3 Å². The van der Waals surface area contributed by atoms with Crippen LogP contribution < -0.4 is 5.32 Å². The molecule has 1 aliphatic heterocycles. The van der Waals surface area contributed by atoms with E-state index in [1.165, 1.54) is 16.2 Å². The maximum Gasteiger partial charge on any atom is 0.329 e. The van der Waals surface area contributed by atoms with Crippen molar-refractivity contribution in [3.05, 3.63) is 88.6 Å². The number of likely N-dealkylation sites (tertiary alicyclic amines) is 1. The minimum absolute atomic E-state index is 0.0263. The van der Waals surface area contributed by atoms with Crippen LogP contribution in [0.1, 0.15) is 28.1 Å². The molecule has 1 atom stereocenters. The molecule has 0 bridgehead atoms. The van der Waals surface area contributed by atoms with Crippen molar-refractivity contribution < 1.29 is 23.5 Å². The van der Waals surface area contributed by atoms with Crippen LogP contribution >= 0.6 is 11.3 Å². The van der Waals surface area contributed by atoms with Gasteiger partial charge in [0.05, 0.1) is 4.88 Å². The molecule has 1 unspecified atom stereocenters. The van der Waals surface area contributed by atoms with Crippen LogP contribution in [-0.4, -0.2) is 41.9 Å². The first-order valence-electron chi connectivity index (χ1n) is 12.1. The summed E-state index contributed by atoms with van der Waals surface area (Å²) >= 11 is 1.31. The molecule has 0 radical (unpaired) electrons. The van der Waals surface area contributed by atoms with Gasteiger partial charge < -0.3 is 14.1 Å². The second kappa shape index (κ2) is 11.2. The molecule has 1 saturated heterocycles. The molecule has 38 heavy (non-hydrogen) atoms. The number of hydrogen-bond acceptors (Lipinski definition) is 7. The van der Waals surface area contributed by atoms with Crippen LogP contribution in [0, 0.1) is 11.3 Å². The zero-order valence-corrected chi connectivity index (χ0v) is 21.1. The fourth-order valence-corrected chi connectivity index (χ4v) is 5.17. The number of esters is 1. The minimum atomic E-state index is -0.745. The van der Waals surface area contributed by atoms with Gasteiger partial charge in [-0.3, -0.25) is 14.9 Å². The molecule has 4 aromatic rings. The Balaban J connectivity index is 1.32. The number of hydrogen-bond donors (Lipinski definition) is 1. The maximum atomic E-state index is 12.8. The minimum Gasteiger partial charge on any atom is -0.454 e. The molecular weight excluding hydrogens is 502 g/mol. The summed E-state index contributed by atoms with van der Waals surface area (Å²) in [5.41, 5.74) is 2.22. The largest absolute Gasteiger partial charge is 0.454 e. The lowest BCUT2D eigenvalue weighted by molar-refractivity contribution is -0.151. The summed E-state index contributed by atoms with van der Waals surface area (Å²) < 4.78 is 11.3. The van der Waals surface area contributed by atoms with Crippen LogP contribution in [0.3, 0.4) is 0 Å². The number of nitriles is 1. The topological polar surface area (TPSA) is 113 Å². The average Bonchev–Trinajstić information content (AvgIpc) is 3.72. The normalized spacial score (nSPS) is 14.6. The van der Waals surface area contributed by atoms with Gasteiger partial charge in [0.15, 0.2) is 6.61 Å². The standard InChI is InChI=1S/C29H23N3O5S/c30-17-21-25(19-9-3-1-4-10-19)26(20-11-5-2-6-12-20)37-27(21)31-24(33)18-36-29(35)22-13-7-15-32(22)28(34)23-14-8-16-38-23/h1-6,8-12,14,16,22H,7,13,15,18H2,(H,31,33). The van der Waals surface area contributed by atoms with E-state index >= 15 is 0 Å². The number of nitrogens with zero attached hydrogens (tertiary/aromatic N) is 2. The number of carbonyl (C=O) groups excluding carboxylic acids is 3. The summed E-state index contributed by atoms with van der Waals surface area (Å²) in [7, 11) is 0. The molecule has 1 aliphatic rings. The molecule has 1 N–H and O–H groups in total. The zero-order valence-electron chi connectivity index (χ0n) is 20.3. The SMILES string of the molecule is N#Cc1c(NC(=O)COC(=O)C2CCCN2C(=O)c2cccs2)oc(-c2ccccc2)c1-c1ccccc1. The quantitative estimate of drug-likeness (QED) is 0.326. The molecule has 2 amide bonds. The average molecular weight is 526 g/mol. The van der Waals surface area contributed by atoms with E-state index in [1.54, 1.807) is 17.5 Å². The van der Waals surface area contributed by atoms with Gasteiger partial charge in [0.25, 0.3) is 11.8 Å². The van der Waals surface area contributed by atoms with E-state index in [-0.39, 0.29) is 17.4 Å². The van der Waals surface area contributed by atoms with Gasteiger partial charge >= 0.3 is 5.97 Å². The van der Waals surface area contributed by atoms with E-state index in [0.717, 1.165) is 11.1 Å². The number of anilines is 1. The summed E-state index contributed by atoms with van der Waals surface area (Å²) in [6, 6.07) is 23.5. The van der Waals surface area contributed by atoms with Gasteiger partial charge in [-0.1, -0.05) is 66.7 Å². The zero-order chi connectivity index (χ0) is 26.5. The second-order valence-electron chi connectivity index (χ2n) is 8.64.